The Hall–Kier alpha value is -1.41. The maximum Gasteiger partial charge on any atom is 0.0260 e. The second kappa shape index (κ2) is 6.15. The number of nitrogens with zero attached hydrogens (tertiary/aromatic N) is 1. The molecule has 0 bridgehead atoms. The Balaban J connectivity index is 1.59. The molecule has 0 aromatic rings. The van der Waals surface area contributed by atoms with Gasteiger partial charge in [-0.05, 0) is 51.3 Å². The first kappa shape index (κ1) is 14.5. The van der Waals surface area contributed by atoms with E-state index in [4.69, 9.17) is 0 Å². The molecule has 21 heavy (non-hydrogen) atoms. The second-order valence-electron chi connectivity index (χ2n) is 6.71. The molecule has 1 N–H and O–H groups in total. The fraction of sp³-hybridized carbons (Fsp3) is 0.526. The van der Waals surface area contributed by atoms with Gasteiger partial charge in [-0.25, -0.2) is 0 Å². The van der Waals surface area contributed by atoms with Gasteiger partial charge in [-0.3, -0.25) is 4.99 Å². The van der Waals surface area contributed by atoms with Crippen molar-refractivity contribution >= 4 is 6.72 Å². The van der Waals surface area contributed by atoms with Crippen molar-refractivity contribution in [2.45, 2.75) is 45.1 Å². The van der Waals surface area contributed by atoms with Crippen molar-refractivity contribution in [1.82, 2.24) is 5.32 Å². The van der Waals surface area contributed by atoms with Gasteiger partial charge in [0.25, 0.3) is 0 Å². The summed E-state index contributed by atoms with van der Waals surface area (Å²) in [6.45, 7) is 6.59. The van der Waals surface area contributed by atoms with Crippen LogP contribution in [0, 0.1) is 11.3 Å². The van der Waals surface area contributed by atoms with Gasteiger partial charge in [0.15, 0.2) is 0 Å². The minimum atomic E-state index is 0.493. The third-order valence-electron chi connectivity index (χ3n) is 5.30. The van der Waals surface area contributed by atoms with E-state index in [-0.39, 0.29) is 0 Å². The second-order valence-corrected chi connectivity index (χ2v) is 6.71. The molecule has 0 saturated heterocycles. The molecule has 112 valence electrons. The van der Waals surface area contributed by atoms with Gasteiger partial charge in [-0.2, -0.15) is 0 Å². The molecule has 2 heteroatoms. The molecule has 0 aromatic heterocycles. The van der Waals surface area contributed by atoms with Crippen LogP contribution in [0.2, 0.25) is 0 Å². The topological polar surface area (TPSA) is 24.4 Å². The van der Waals surface area contributed by atoms with Crippen molar-refractivity contribution in [3.05, 3.63) is 47.7 Å². The molecule has 2 saturated carbocycles. The van der Waals surface area contributed by atoms with Crippen LogP contribution in [-0.4, -0.2) is 19.3 Å². The zero-order chi connectivity index (χ0) is 14.7. The van der Waals surface area contributed by atoms with Gasteiger partial charge in [-0.1, -0.05) is 41.9 Å². The first-order valence-corrected chi connectivity index (χ1v) is 8.15. The summed E-state index contributed by atoms with van der Waals surface area (Å²) < 4.78 is 0. The summed E-state index contributed by atoms with van der Waals surface area (Å²) in [5.41, 5.74) is 3.58. The van der Waals surface area contributed by atoms with E-state index >= 15 is 0 Å². The first-order valence-electron chi connectivity index (χ1n) is 8.15. The lowest BCUT2D eigenvalue weighted by Gasteiger charge is -2.35. The van der Waals surface area contributed by atoms with Crippen LogP contribution in [0.25, 0.3) is 0 Å². The van der Waals surface area contributed by atoms with Crippen molar-refractivity contribution in [1.29, 1.82) is 0 Å². The molecule has 0 aliphatic heterocycles. The fourth-order valence-corrected chi connectivity index (χ4v) is 4.11. The monoisotopic (exact) mass is 282 g/mol. The highest BCUT2D eigenvalue weighted by Gasteiger charge is 2.58. The highest BCUT2D eigenvalue weighted by Crippen LogP contribution is 2.61. The normalized spacial score (nSPS) is 34.9. The molecule has 0 heterocycles. The van der Waals surface area contributed by atoms with Gasteiger partial charge < -0.3 is 5.32 Å². The molecule has 2 nitrogen and oxygen atoms in total. The maximum absolute atomic E-state index is 3.76. The van der Waals surface area contributed by atoms with Crippen LogP contribution < -0.4 is 5.32 Å². The molecule has 2 fully saturated rings. The Morgan fingerprint density at radius 3 is 3.33 bits per heavy atom. The predicted octanol–water partition coefficient (Wildman–Crippen LogP) is 4.18. The Kier molecular flexibility index (Phi) is 4.25. The largest absolute Gasteiger partial charge is 0.309 e. The molecular formula is C19H26N2. The Bertz CT molecular complexity index is 524. The number of aliphatic imine (C=N–C) groups is 1. The average molecular weight is 282 g/mol. The van der Waals surface area contributed by atoms with Gasteiger partial charge >= 0.3 is 0 Å². The van der Waals surface area contributed by atoms with Crippen LogP contribution in [0.1, 0.15) is 39.0 Å². The molecule has 0 aromatic carbocycles. The third-order valence-corrected chi connectivity index (χ3v) is 5.30. The summed E-state index contributed by atoms with van der Waals surface area (Å²) in [4.78, 5) is 3.72. The summed E-state index contributed by atoms with van der Waals surface area (Å²) in [6.07, 6.45) is 19.6. The number of hydrogen-bond acceptors (Lipinski definition) is 2. The molecule has 0 amide bonds. The Morgan fingerprint density at radius 2 is 2.48 bits per heavy atom. The van der Waals surface area contributed by atoms with Gasteiger partial charge in [0.05, 0.1) is 0 Å². The molecule has 3 rings (SSSR count). The lowest BCUT2D eigenvalue weighted by atomic mass is 9.71. The minimum absolute atomic E-state index is 0.493. The van der Waals surface area contributed by atoms with Crippen LogP contribution in [0.3, 0.4) is 0 Å². The summed E-state index contributed by atoms with van der Waals surface area (Å²) in [7, 11) is 0. The predicted molar refractivity (Wildman–Crippen MR) is 90.5 cm³/mol. The lowest BCUT2D eigenvalue weighted by Crippen LogP contribution is -2.30. The van der Waals surface area contributed by atoms with E-state index < -0.39 is 0 Å². The zero-order valence-corrected chi connectivity index (χ0v) is 13.0. The van der Waals surface area contributed by atoms with Crippen LogP contribution in [-0.2, 0) is 0 Å². The quantitative estimate of drug-likeness (QED) is 0.593. The van der Waals surface area contributed by atoms with E-state index in [1.54, 1.807) is 11.8 Å². The SMILES string of the molecule is C=N/C=C\C=C(/C)CNC1CC12CCCC1CC=CC=C12. The van der Waals surface area contributed by atoms with Crippen LogP contribution in [0.15, 0.2) is 52.7 Å². The van der Waals surface area contributed by atoms with Crippen molar-refractivity contribution in [2.75, 3.05) is 6.54 Å². The van der Waals surface area contributed by atoms with E-state index in [0.717, 1.165) is 12.5 Å². The highest BCUT2D eigenvalue weighted by molar-refractivity contribution is 5.37. The van der Waals surface area contributed by atoms with Gasteiger partial charge in [0.2, 0.25) is 0 Å². The molecule has 0 radical (unpaired) electrons. The summed E-state index contributed by atoms with van der Waals surface area (Å²) in [5, 5.41) is 3.76. The number of hydrogen-bond donors (Lipinski definition) is 1. The third kappa shape index (κ3) is 2.96. The zero-order valence-electron chi connectivity index (χ0n) is 13.0. The average Bonchev–Trinajstić information content (AvgIpc) is 3.20. The fourth-order valence-electron chi connectivity index (χ4n) is 4.11. The summed E-state index contributed by atoms with van der Waals surface area (Å²) in [5.74, 6) is 0.828. The van der Waals surface area contributed by atoms with E-state index in [2.05, 4.69) is 48.3 Å². The standard InChI is InChI=1S/C19H26N2/c1-15(7-6-12-20-2)14-21-18-13-19(18)11-5-9-16-8-3-4-10-17(16)19/h3-4,6-7,10,12,16,18,21H,2,5,8-9,11,13-14H2,1H3/b12-6-,15-7+. The number of fused-ring (bicyclic) bond motifs is 2. The van der Waals surface area contributed by atoms with E-state index in [0.29, 0.717) is 11.5 Å². The van der Waals surface area contributed by atoms with Gasteiger partial charge in [0, 0.05) is 24.2 Å². The number of allylic oxidation sites excluding steroid dienone is 5. The van der Waals surface area contributed by atoms with Crippen LogP contribution in [0.5, 0.6) is 0 Å². The molecule has 3 aliphatic carbocycles. The Morgan fingerprint density at radius 1 is 1.57 bits per heavy atom. The van der Waals surface area contributed by atoms with E-state index in [9.17, 15) is 0 Å². The highest BCUT2D eigenvalue weighted by atomic mass is 15.0. The summed E-state index contributed by atoms with van der Waals surface area (Å²) >= 11 is 0. The summed E-state index contributed by atoms with van der Waals surface area (Å²) in [6, 6.07) is 0.683. The smallest absolute Gasteiger partial charge is 0.0260 e. The number of nitrogens with one attached hydrogen (secondary N) is 1. The van der Waals surface area contributed by atoms with Gasteiger partial charge in [0.1, 0.15) is 0 Å². The molecule has 3 atom stereocenters. The number of rotatable bonds is 5. The van der Waals surface area contributed by atoms with E-state index in [1.807, 2.05) is 6.08 Å². The van der Waals surface area contributed by atoms with Crippen molar-refractivity contribution in [3.63, 3.8) is 0 Å². The van der Waals surface area contributed by atoms with Crippen molar-refractivity contribution in [2.24, 2.45) is 16.3 Å². The van der Waals surface area contributed by atoms with Gasteiger partial charge in [-0.15, -0.1) is 0 Å². The minimum Gasteiger partial charge on any atom is -0.309 e. The van der Waals surface area contributed by atoms with Crippen LogP contribution >= 0.6 is 0 Å². The molecule has 3 unspecified atom stereocenters. The molecule has 1 spiro atoms. The maximum atomic E-state index is 3.76. The first-order chi connectivity index (χ1) is 10.3. The lowest BCUT2D eigenvalue weighted by molar-refractivity contribution is 0.333. The van der Waals surface area contributed by atoms with E-state index in [1.165, 1.54) is 37.7 Å². The van der Waals surface area contributed by atoms with Crippen molar-refractivity contribution < 1.29 is 0 Å². The van der Waals surface area contributed by atoms with Crippen molar-refractivity contribution in [3.8, 4) is 0 Å². The molecular weight excluding hydrogens is 256 g/mol. The Labute approximate surface area is 128 Å². The molecule has 3 aliphatic rings. The van der Waals surface area contributed by atoms with Crippen LogP contribution in [0.4, 0.5) is 0 Å².